The molecule has 0 aliphatic rings. The van der Waals surface area contributed by atoms with Gasteiger partial charge in [-0.2, -0.15) is 5.26 Å². The molecule has 0 aliphatic carbocycles. The standard InChI is InChI=1S/C27H20N2O4/c1-31-24(30)18-32-22-14-12-19(13-15-22)17-29-27-23(16-28)25(20-8-4-2-5-9-20)26(33-27)21-10-6-3-7-11-21/h2-15,17H,18H2,1H3. The third-order valence-corrected chi connectivity index (χ3v) is 4.90. The summed E-state index contributed by atoms with van der Waals surface area (Å²) in [7, 11) is 1.31. The number of methoxy groups -OCH3 is 1. The maximum atomic E-state index is 11.2. The van der Waals surface area contributed by atoms with Gasteiger partial charge in [-0.15, -0.1) is 0 Å². The van der Waals surface area contributed by atoms with Gasteiger partial charge < -0.3 is 13.9 Å². The van der Waals surface area contributed by atoms with Gasteiger partial charge in [0.25, 0.3) is 0 Å². The molecule has 0 saturated heterocycles. The van der Waals surface area contributed by atoms with Gasteiger partial charge in [0.15, 0.2) is 6.61 Å². The first-order chi connectivity index (χ1) is 16.2. The molecule has 6 nitrogen and oxygen atoms in total. The van der Waals surface area contributed by atoms with Crippen molar-refractivity contribution in [2.75, 3.05) is 13.7 Å². The molecule has 0 aliphatic heterocycles. The predicted octanol–water partition coefficient (Wildman–Crippen LogP) is 5.79. The summed E-state index contributed by atoms with van der Waals surface area (Å²) in [6, 6.07) is 28.6. The zero-order valence-corrected chi connectivity index (χ0v) is 17.9. The molecule has 0 amide bonds. The number of furan rings is 1. The first-order valence-corrected chi connectivity index (χ1v) is 10.2. The van der Waals surface area contributed by atoms with E-state index in [1.54, 1.807) is 30.5 Å². The molecule has 0 atom stereocenters. The lowest BCUT2D eigenvalue weighted by atomic mass is 9.98. The van der Waals surface area contributed by atoms with Gasteiger partial charge in [0.05, 0.1) is 7.11 Å². The molecule has 1 aromatic heterocycles. The summed E-state index contributed by atoms with van der Waals surface area (Å²) >= 11 is 0. The van der Waals surface area contributed by atoms with E-state index in [0.717, 1.165) is 16.7 Å². The van der Waals surface area contributed by atoms with Crippen molar-refractivity contribution in [2.45, 2.75) is 0 Å². The molecular formula is C27H20N2O4. The van der Waals surface area contributed by atoms with E-state index in [1.165, 1.54) is 7.11 Å². The van der Waals surface area contributed by atoms with Crippen molar-refractivity contribution in [3.63, 3.8) is 0 Å². The molecule has 4 rings (SSSR count). The number of nitrogens with zero attached hydrogens (tertiary/aromatic N) is 2. The number of hydrogen-bond donors (Lipinski definition) is 0. The van der Waals surface area contributed by atoms with Gasteiger partial charge in [-0.05, 0) is 35.4 Å². The molecular weight excluding hydrogens is 416 g/mol. The van der Waals surface area contributed by atoms with Crippen LogP contribution in [0.25, 0.3) is 22.5 Å². The van der Waals surface area contributed by atoms with Crippen LogP contribution in [0.3, 0.4) is 0 Å². The van der Waals surface area contributed by atoms with E-state index in [2.05, 4.69) is 15.8 Å². The summed E-state index contributed by atoms with van der Waals surface area (Å²) in [5, 5.41) is 9.94. The Kier molecular flexibility index (Phi) is 6.62. The predicted molar refractivity (Wildman–Crippen MR) is 126 cm³/mol. The minimum absolute atomic E-state index is 0.160. The number of aliphatic imine (C=N–C) groups is 1. The Morgan fingerprint density at radius 1 is 0.970 bits per heavy atom. The molecule has 0 fully saturated rings. The molecule has 3 aromatic carbocycles. The van der Waals surface area contributed by atoms with E-state index in [4.69, 9.17) is 9.15 Å². The number of esters is 1. The fourth-order valence-corrected chi connectivity index (χ4v) is 3.27. The van der Waals surface area contributed by atoms with Gasteiger partial charge in [0.1, 0.15) is 23.1 Å². The number of hydrogen-bond acceptors (Lipinski definition) is 6. The van der Waals surface area contributed by atoms with Gasteiger partial charge in [-0.1, -0.05) is 60.7 Å². The van der Waals surface area contributed by atoms with Crippen molar-refractivity contribution in [1.82, 2.24) is 0 Å². The maximum absolute atomic E-state index is 11.2. The molecule has 4 aromatic rings. The summed E-state index contributed by atoms with van der Waals surface area (Å²) in [4.78, 5) is 15.7. The minimum atomic E-state index is -0.453. The smallest absolute Gasteiger partial charge is 0.343 e. The van der Waals surface area contributed by atoms with Crippen molar-refractivity contribution >= 4 is 18.1 Å². The second-order valence-corrected chi connectivity index (χ2v) is 7.02. The molecule has 6 heteroatoms. The van der Waals surface area contributed by atoms with Gasteiger partial charge in [-0.3, -0.25) is 0 Å². The van der Waals surface area contributed by atoms with Gasteiger partial charge >= 0.3 is 5.97 Å². The highest BCUT2D eigenvalue weighted by atomic mass is 16.6. The Morgan fingerprint density at radius 3 is 2.21 bits per heavy atom. The van der Waals surface area contributed by atoms with Crippen LogP contribution >= 0.6 is 0 Å². The van der Waals surface area contributed by atoms with E-state index in [0.29, 0.717) is 22.6 Å². The SMILES string of the molecule is COC(=O)COc1ccc(C=Nc2oc(-c3ccccc3)c(-c3ccccc3)c2C#N)cc1. The molecule has 0 N–H and O–H groups in total. The molecule has 0 saturated carbocycles. The fraction of sp³-hybridized carbons (Fsp3) is 0.0741. The highest BCUT2D eigenvalue weighted by Crippen LogP contribution is 2.42. The maximum Gasteiger partial charge on any atom is 0.343 e. The number of carbonyl (C=O) groups excluding carboxylic acids is 1. The zero-order chi connectivity index (χ0) is 23.0. The lowest BCUT2D eigenvalue weighted by molar-refractivity contribution is -0.142. The van der Waals surface area contributed by atoms with Crippen LogP contribution in [0.5, 0.6) is 5.75 Å². The topological polar surface area (TPSA) is 84.8 Å². The van der Waals surface area contributed by atoms with Crippen LogP contribution in [0, 0.1) is 11.3 Å². The average Bonchev–Trinajstić information content (AvgIpc) is 3.26. The molecule has 162 valence electrons. The molecule has 33 heavy (non-hydrogen) atoms. The number of benzene rings is 3. The number of nitriles is 1. The Morgan fingerprint density at radius 2 is 1.61 bits per heavy atom. The molecule has 0 bridgehead atoms. The Bertz CT molecular complexity index is 1300. The summed E-state index contributed by atoms with van der Waals surface area (Å²) in [5.41, 5.74) is 3.60. The third kappa shape index (κ3) is 5.00. The van der Waals surface area contributed by atoms with E-state index in [-0.39, 0.29) is 12.5 Å². The Labute approximate surface area is 191 Å². The second kappa shape index (κ2) is 10.1. The van der Waals surface area contributed by atoms with E-state index in [1.807, 2.05) is 60.7 Å². The monoisotopic (exact) mass is 436 g/mol. The van der Waals surface area contributed by atoms with Crippen LogP contribution in [-0.2, 0) is 9.53 Å². The summed E-state index contributed by atoms with van der Waals surface area (Å²) in [6.45, 7) is -0.160. The van der Waals surface area contributed by atoms with Crippen molar-refractivity contribution in [1.29, 1.82) is 5.26 Å². The number of ether oxygens (including phenoxy) is 2. The highest BCUT2D eigenvalue weighted by Gasteiger charge is 2.22. The van der Waals surface area contributed by atoms with Crippen LogP contribution < -0.4 is 4.74 Å². The molecule has 1 heterocycles. The summed E-state index contributed by atoms with van der Waals surface area (Å²) in [6.07, 6.45) is 1.62. The van der Waals surface area contributed by atoms with Crippen molar-refractivity contribution < 1.29 is 18.7 Å². The minimum Gasteiger partial charge on any atom is -0.482 e. The lowest BCUT2D eigenvalue weighted by Gasteiger charge is -2.04. The quantitative estimate of drug-likeness (QED) is 0.270. The molecule has 0 radical (unpaired) electrons. The largest absolute Gasteiger partial charge is 0.482 e. The highest BCUT2D eigenvalue weighted by molar-refractivity contribution is 5.89. The average molecular weight is 436 g/mol. The third-order valence-electron chi connectivity index (χ3n) is 4.90. The zero-order valence-electron chi connectivity index (χ0n) is 17.9. The van der Waals surface area contributed by atoms with Crippen LogP contribution in [-0.4, -0.2) is 25.9 Å². The van der Waals surface area contributed by atoms with Gasteiger partial charge in [0.2, 0.25) is 5.88 Å². The van der Waals surface area contributed by atoms with Gasteiger partial charge in [-0.25, -0.2) is 9.79 Å². The normalized spacial score (nSPS) is 10.7. The molecule has 0 spiro atoms. The fourth-order valence-electron chi connectivity index (χ4n) is 3.27. The Balaban J connectivity index is 1.67. The van der Waals surface area contributed by atoms with Crippen LogP contribution in [0.4, 0.5) is 5.88 Å². The number of carbonyl (C=O) groups is 1. The van der Waals surface area contributed by atoms with Crippen LogP contribution in [0.1, 0.15) is 11.1 Å². The van der Waals surface area contributed by atoms with Crippen molar-refractivity contribution in [2.24, 2.45) is 4.99 Å². The van der Waals surface area contributed by atoms with E-state index in [9.17, 15) is 10.1 Å². The first-order valence-electron chi connectivity index (χ1n) is 10.2. The van der Waals surface area contributed by atoms with Crippen molar-refractivity contribution in [3.8, 4) is 34.3 Å². The lowest BCUT2D eigenvalue weighted by Crippen LogP contribution is -2.12. The Hall–Kier alpha value is -4.63. The number of rotatable bonds is 7. The van der Waals surface area contributed by atoms with Crippen LogP contribution in [0.2, 0.25) is 0 Å². The second-order valence-electron chi connectivity index (χ2n) is 7.02. The summed E-state index contributed by atoms with van der Waals surface area (Å²) in [5.74, 6) is 0.912. The summed E-state index contributed by atoms with van der Waals surface area (Å²) < 4.78 is 16.0. The van der Waals surface area contributed by atoms with E-state index < -0.39 is 5.97 Å². The molecule has 0 unspecified atom stereocenters. The first kappa shape index (κ1) is 21.6. The van der Waals surface area contributed by atoms with E-state index >= 15 is 0 Å². The van der Waals surface area contributed by atoms with Crippen molar-refractivity contribution in [3.05, 3.63) is 96.1 Å². The van der Waals surface area contributed by atoms with Gasteiger partial charge in [0, 0.05) is 17.3 Å². The van der Waals surface area contributed by atoms with Crippen LogP contribution in [0.15, 0.2) is 94.3 Å².